The van der Waals surface area contributed by atoms with Crippen molar-refractivity contribution < 1.29 is 9.72 Å². The third-order valence-electron chi connectivity index (χ3n) is 3.51. The molecule has 116 valence electrons. The topological polar surface area (TPSA) is 84.3 Å². The lowest BCUT2D eigenvalue weighted by Crippen LogP contribution is -2.47. The van der Waals surface area contributed by atoms with E-state index in [0.717, 1.165) is 25.8 Å². The summed E-state index contributed by atoms with van der Waals surface area (Å²) in [5, 5.41) is 16.9. The minimum absolute atomic E-state index is 0. The van der Waals surface area contributed by atoms with Gasteiger partial charge in [-0.05, 0) is 25.8 Å². The standard InChI is InChI=1S/C14H19N3O3.ClH/c18-14(12-6-3-4-9-15-12)16-10-8-11-5-1-2-7-13(11)17(19)20;/h1-2,5,7,12,15H,3-4,6,8-10H2,(H,16,18);1H. The number of hydrogen-bond donors (Lipinski definition) is 2. The average molecular weight is 314 g/mol. The van der Waals surface area contributed by atoms with Crippen molar-refractivity contribution in [3.05, 3.63) is 39.9 Å². The highest BCUT2D eigenvalue weighted by molar-refractivity contribution is 5.85. The number of nitro benzene ring substituents is 1. The number of benzene rings is 1. The van der Waals surface area contributed by atoms with Crippen LogP contribution in [0.5, 0.6) is 0 Å². The number of hydrogen-bond acceptors (Lipinski definition) is 4. The van der Waals surface area contributed by atoms with Gasteiger partial charge in [-0.2, -0.15) is 0 Å². The molecule has 7 heteroatoms. The maximum atomic E-state index is 11.9. The van der Waals surface area contributed by atoms with Gasteiger partial charge in [-0.1, -0.05) is 24.6 Å². The Labute approximate surface area is 129 Å². The summed E-state index contributed by atoms with van der Waals surface area (Å²) in [6.07, 6.45) is 3.50. The fourth-order valence-corrected chi connectivity index (χ4v) is 2.42. The van der Waals surface area contributed by atoms with E-state index >= 15 is 0 Å². The van der Waals surface area contributed by atoms with Gasteiger partial charge < -0.3 is 10.6 Å². The highest BCUT2D eigenvalue weighted by Crippen LogP contribution is 2.17. The van der Waals surface area contributed by atoms with Gasteiger partial charge in [0.2, 0.25) is 5.91 Å². The van der Waals surface area contributed by atoms with Crippen molar-refractivity contribution in [1.82, 2.24) is 10.6 Å². The van der Waals surface area contributed by atoms with E-state index in [9.17, 15) is 14.9 Å². The molecule has 1 heterocycles. The third kappa shape index (κ3) is 4.99. The van der Waals surface area contributed by atoms with Crippen molar-refractivity contribution in [3.63, 3.8) is 0 Å². The number of carbonyl (C=O) groups excluding carboxylic acids is 1. The molecule has 0 radical (unpaired) electrons. The molecule has 1 amide bonds. The van der Waals surface area contributed by atoms with Gasteiger partial charge in [0.05, 0.1) is 11.0 Å². The van der Waals surface area contributed by atoms with Crippen LogP contribution in [0.4, 0.5) is 5.69 Å². The number of rotatable bonds is 5. The summed E-state index contributed by atoms with van der Waals surface area (Å²) in [5.74, 6) is -0.0108. The van der Waals surface area contributed by atoms with Crippen LogP contribution in [0.2, 0.25) is 0 Å². The minimum Gasteiger partial charge on any atom is -0.354 e. The summed E-state index contributed by atoms with van der Waals surface area (Å²) in [6, 6.07) is 6.51. The Kier molecular flexibility index (Phi) is 7.11. The zero-order valence-electron chi connectivity index (χ0n) is 11.7. The number of nitrogens with zero attached hydrogens (tertiary/aromatic N) is 1. The lowest BCUT2D eigenvalue weighted by Gasteiger charge is -2.22. The molecule has 1 atom stereocenters. The number of amides is 1. The molecular formula is C14H20ClN3O3. The number of halogens is 1. The van der Waals surface area contributed by atoms with Gasteiger partial charge in [-0.15, -0.1) is 12.4 Å². The molecule has 1 aromatic rings. The maximum Gasteiger partial charge on any atom is 0.272 e. The Morgan fingerprint density at radius 1 is 1.38 bits per heavy atom. The molecule has 0 bridgehead atoms. The van der Waals surface area contributed by atoms with E-state index in [1.807, 2.05) is 0 Å². The van der Waals surface area contributed by atoms with Crippen molar-refractivity contribution in [2.45, 2.75) is 31.7 Å². The van der Waals surface area contributed by atoms with Crippen LogP contribution in [0.15, 0.2) is 24.3 Å². The van der Waals surface area contributed by atoms with Gasteiger partial charge in [0.15, 0.2) is 0 Å². The monoisotopic (exact) mass is 313 g/mol. The first-order chi connectivity index (χ1) is 9.68. The Bertz CT molecular complexity index is 490. The van der Waals surface area contributed by atoms with Crippen LogP contribution in [0.3, 0.4) is 0 Å². The SMILES string of the molecule is Cl.O=C(NCCc1ccccc1[N+](=O)[O-])C1CCCCN1. The second kappa shape index (κ2) is 8.59. The first-order valence-corrected chi connectivity index (χ1v) is 6.92. The van der Waals surface area contributed by atoms with Crippen LogP contribution < -0.4 is 10.6 Å². The highest BCUT2D eigenvalue weighted by atomic mass is 35.5. The predicted octanol–water partition coefficient (Wildman–Crippen LogP) is 1.82. The van der Waals surface area contributed by atoms with E-state index in [0.29, 0.717) is 18.5 Å². The maximum absolute atomic E-state index is 11.9. The van der Waals surface area contributed by atoms with Crippen LogP contribution in [0.1, 0.15) is 24.8 Å². The fraction of sp³-hybridized carbons (Fsp3) is 0.500. The molecule has 6 nitrogen and oxygen atoms in total. The second-order valence-electron chi connectivity index (χ2n) is 4.93. The fourth-order valence-electron chi connectivity index (χ4n) is 2.42. The summed E-state index contributed by atoms with van der Waals surface area (Å²) in [5.41, 5.74) is 0.756. The predicted molar refractivity (Wildman–Crippen MR) is 82.7 cm³/mol. The number of nitro groups is 1. The quantitative estimate of drug-likeness (QED) is 0.641. The average Bonchev–Trinajstić information content (AvgIpc) is 2.48. The number of piperidine rings is 1. The van der Waals surface area contributed by atoms with Gasteiger partial charge in [0.1, 0.15) is 0 Å². The summed E-state index contributed by atoms with van der Waals surface area (Å²) in [7, 11) is 0. The largest absolute Gasteiger partial charge is 0.354 e. The number of carbonyl (C=O) groups is 1. The highest BCUT2D eigenvalue weighted by Gasteiger charge is 2.20. The number of para-hydroxylation sites is 1. The van der Waals surface area contributed by atoms with E-state index in [4.69, 9.17) is 0 Å². The molecule has 1 unspecified atom stereocenters. The van der Waals surface area contributed by atoms with Gasteiger partial charge in [0, 0.05) is 18.2 Å². The van der Waals surface area contributed by atoms with E-state index in [1.54, 1.807) is 18.2 Å². The lowest BCUT2D eigenvalue weighted by molar-refractivity contribution is -0.385. The molecule has 21 heavy (non-hydrogen) atoms. The van der Waals surface area contributed by atoms with Gasteiger partial charge in [-0.25, -0.2) is 0 Å². The Morgan fingerprint density at radius 3 is 2.81 bits per heavy atom. The van der Waals surface area contributed by atoms with E-state index in [-0.39, 0.29) is 35.0 Å². The van der Waals surface area contributed by atoms with Crippen molar-refractivity contribution >= 4 is 24.0 Å². The van der Waals surface area contributed by atoms with E-state index in [1.165, 1.54) is 6.07 Å². The van der Waals surface area contributed by atoms with Crippen LogP contribution >= 0.6 is 12.4 Å². The summed E-state index contributed by atoms with van der Waals surface area (Å²) in [4.78, 5) is 22.4. The molecule has 1 aromatic carbocycles. The van der Waals surface area contributed by atoms with Crippen molar-refractivity contribution in [2.24, 2.45) is 0 Å². The second-order valence-corrected chi connectivity index (χ2v) is 4.93. The van der Waals surface area contributed by atoms with Crippen LogP contribution in [-0.2, 0) is 11.2 Å². The molecule has 1 aliphatic rings. The van der Waals surface area contributed by atoms with Gasteiger partial charge >= 0.3 is 0 Å². The van der Waals surface area contributed by atoms with Crippen LogP contribution in [-0.4, -0.2) is 30.0 Å². The zero-order chi connectivity index (χ0) is 14.4. The van der Waals surface area contributed by atoms with E-state index in [2.05, 4.69) is 10.6 Å². The van der Waals surface area contributed by atoms with Crippen molar-refractivity contribution in [3.8, 4) is 0 Å². The summed E-state index contributed by atoms with van der Waals surface area (Å²) in [6.45, 7) is 1.30. The van der Waals surface area contributed by atoms with Crippen molar-refractivity contribution in [1.29, 1.82) is 0 Å². The smallest absolute Gasteiger partial charge is 0.272 e. The Hall–Kier alpha value is -1.66. The first-order valence-electron chi connectivity index (χ1n) is 6.92. The summed E-state index contributed by atoms with van der Waals surface area (Å²) >= 11 is 0. The van der Waals surface area contributed by atoms with E-state index < -0.39 is 0 Å². The molecule has 0 aliphatic carbocycles. The Balaban J connectivity index is 0.00000220. The normalized spacial score (nSPS) is 17.6. The molecule has 0 spiro atoms. The van der Waals surface area contributed by atoms with Crippen LogP contribution in [0, 0.1) is 10.1 Å². The van der Waals surface area contributed by atoms with Gasteiger partial charge in [0.25, 0.3) is 5.69 Å². The molecule has 0 aromatic heterocycles. The Morgan fingerprint density at radius 2 is 2.14 bits per heavy atom. The third-order valence-corrected chi connectivity index (χ3v) is 3.51. The minimum atomic E-state index is -0.389. The van der Waals surface area contributed by atoms with Crippen LogP contribution in [0.25, 0.3) is 0 Å². The first kappa shape index (κ1) is 17.4. The molecule has 2 rings (SSSR count). The lowest BCUT2D eigenvalue weighted by atomic mass is 10.0. The van der Waals surface area contributed by atoms with Crippen molar-refractivity contribution in [2.75, 3.05) is 13.1 Å². The molecule has 2 N–H and O–H groups in total. The molecule has 0 saturated carbocycles. The number of nitrogens with one attached hydrogen (secondary N) is 2. The van der Waals surface area contributed by atoms with Gasteiger partial charge in [-0.3, -0.25) is 14.9 Å². The molecule has 1 aliphatic heterocycles. The summed E-state index contributed by atoms with van der Waals surface area (Å²) < 4.78 is 0. The molecular weight excluding hydrogens is 294 g/mol. The zero-order valence-corrected chi connectivity index (χ0v) is 12.5. The molecule has 1 saturated heterocycles. The molecule has 1 fully saturated rings.